The maximum atomic E-state index is 12.6. The Bertz CT molecular complexity index is 779. The van der Waals surface area contributed by atoms with Crippen molar-refractivity contribution in [3.63, 3.8) is 0 Å². The molecule has 1 amide bonds. The van der Waals surface area contributed by atoms with E-state index in [-0.39, 0.29) is 5.91 Å². The highest BCUT2D eigenvalue weighted by atomic mass is 16.2. The number of carbonyl (C=O) groups is 1. The summed E-state index contributed by atoms with van der Waals surface area (Å²) in [6, 6.07) is 11.2. The third-order valence-corrected chi connectivity index (χ3v) is 3.41. The SMILES string of the molecule is CN(Cc1ccccn1)C(=O)c1c[nH]c2ccc(N)cc12. The van der Waals surface area contributed by atoms with Gasteiger partial charge in [-0.15, -0.1) is 0 Å². The van der Waals surface area contributed by atoms with E-state index in [1.165, 1.54) is 0 Å². The molecule has 3 aromatic rings. The highest BCUT2D eigenvalue weighted by Crippen LogP contribution is 2.22. The summed E-state index contributed by atoms with van der Waals surface area (Å²) in [5.41, 5.74) is 8.82. The number of pyridine rings is 1. The Morgan fingerprint density at radius 2 is 2.19 bits per heavy atom. The molecule has 0 radical (unpaired) electrons. The van der Waals surface area contributed by atoms with E-state index in [1.54, 1.807) is 24.3 Å². The normalized spacial score (nSPS) is 10.7. The molecule has 0 saturated carbocycles. The van der Waals surface area contributed by atoms with E-state index in [9.17, 15) is 4.79 Å². The second-order valence-electron chi connectivity index (χ2n) is 4.99. The number of amides is 1. The number of anilines is 1. The molecule has 0 aliphatic rings. The van der Waals surface area contributed by atoms with E-state index in [0.717, 1.165) is 16.6 Å². The molecule has 0 saturated heterocycles. The number of hydrogen-bond donors (Lipinski definition) is 2. The first-order valence-electron chi connectivity index (χ1n) is 6.67. The van der Waals surface area contributed by atoms with Crippen LogP contribution < -0.4 is 5.73 Å². The number of nitrogen functional groups attached to an aromatic ring is 1. The summed E-state index contributed by atoms with van der Waals surface area (Å²) < 4.78 is 0. The van der Waals surface area contributed by atoms with Gasteiger partial charge in [-0.25, -0.2) is 0 Å². The molecule has 5 heteroatoms. The minimum Gasteiger partial charge on any atom is -0.399 e. The average Bonchev–Trinajstić information content (AvgIpc) is 2.90. The highest BCUT2D eigenvalue weighted by molar-refractivity contribution is 6.07. The second kappa shape index (κ2) is 5.28. The Kier molecular flexibility index (Phi) is 3.31. The standard InChI is InChI=1S/C16H16N4O/c1-20(10-12-4-2-3-7-18-12)16(21)14-9-19-15-6-5-11(17)8-13(14)15/h2-9,19H,10,17H2,1H3. The molecule has 0 unspecified atom stereocenters. The average molecular weight is 280 g/mol. The first-order chi connectivity index (χ1) is 10.1. The van der Waals surface area contributed by atoms with Crippen molar-refractivity contribution in [3.8, 4) is 0 Å². The molecule has 0 spiro atoms. The summed E-state index contributed by atoms with van der Waals surface area (Å²) in [7, 11) is 1.77. The molecule has 0 fully saturated rings. The minimum atomic E-state index is -0.0579. The van der Waals surface area contributed by atoms with Gasteiger partial charge >= 0.3 is 0 Å². The summed E-state index contributed by atoms with van der Waals surface area (Å²) in [5, 5.41) is 0.841. The molecule has 0 aliphatic heterocycles. The van der Waals surface area contributed by atoms with Gasteiger partial charge < -0.3 is 15.6 Å². The lowest BCUT2D eigenvalue weighted by Crippen LogP contribution is -2.26. The fourth-order valence-corrected chi connectivity index (χ4v) is 2.33. The van der Waals surface area contributed by atoms with Gasteiger partial charge in [-0.05, 0) is 30.3 Å². The van der Waals surface area contributed by atoms with Crippen LogP contribution in [0.25, 0.3) is 10.9 Å². The van der Waals surface area contributed by atoms with Crippen LogP contribution in [0.15, 0.2) is 48.8 Å². The molecule has 5 nitrogen and oxygen atoms in total. The number of aromatic amines is 1. The Morgan fingerprint density at radius 3 is 2.95 bits per heavy atom. The van der Waals surface area contributed by atoms with Crippen LogP contribution in [0.3, 0.4) is 0 Å². The molecule has 0 aliphatic carbocycles. The zero-order valence-electron chi connectivity index (χ0n) is 11.7. The van der Waals surface area contributed by atoms with Gasteiger partial charge in [-0.2, -0.15) is 0 Å². The van der Waals surface area contributed by atoms with Crippen LogP contribution in [-0.4, -0.2) is 27.8 Å². The monoisotopic (exact) mass is 280 g/mol. The molecule has 2 aromatic heterocycles. The summed E-state index contributed by atoms with van der Waals surface area (Å²) in [6.45, 7) is 0.467. The Balaban J connectivity index is 1.88. The van der Waals surface area contributed by atoms with Crippen molar-refractivity contribution in [3.05, 3.63) is 60.0 Å². The van der Waals surface area contributed by atoms with Crippen molar-refractivity contribution in [2.45, 2.75) is 6.54 Å². The van der Waals surface area contributed by atoms with Crippen molar-refractivity contribution >= 4 is 22.5 Å². The largest absolute Gasteiger partial charge is 0.399 e. The highest BCUT2D eigenvalue weighted by Gasteiger charge is 2.16. The molecule has 3 rings (SSSR count). The molecular formula is C16H16N4O. The van der Waals surface area contributed by atoms with Crippen LogP contribution in [0.2, 0.25) is 0 Å². The number of aromatic nitrogens is 2. The van der Waals surface area contributed by atoms with Gasteiger partial charge in [-0.1, -0.05) is 6.07 Å². The number of hydrogen-bond acceptors (Lipinski definition) is 3. The van der Waals surface area contributed by atoms with Gasteiger partial charge in [0, 0.05) is 36.0 Å². The number of nitrogens with one attached hydrogen (secondary N) is 1. The molecule has 21 heavy (non-hydrogen) atoms. The number of fused-ring (bicyclic) bond motifs is 1. The number of benzene rings is 1. The second-order valence-corrected chi connectivity index (χ2v) is 4.99. The van der Waals surface area contributed by atoms with Crippen LogP contribution in [0, 0.1) is 0 Å². The van der Waals surface area contributed by atoms with Crippen molar-refractivity contribution in [2.24, 2.45) is 0 Å². The smallest absolute Gasteiger partial charge is 0.256 e. The van der Waals surface area contributed by atoms with E-state index in [2.05, 4.69) is 9.97 Å². The van der Waals surface area contributed by atoms with E-state index in [1.807, 2.05) is 36.4 Å². The first-order valence-corrected chi connectivity index (χ1v) is 6.67. The number of rotatable bonds is 3. The maximum Gasteiger partial charge on any atom is 0.256 e. The van der Waals surface area contributed by atoms with Crippen molar-refractivity contribution in [1.29, 1.82) is 0 Å². The summed E-state index contributed by atoms with van der Waals surface area (Å²) in [5.74, 6) is -0.0579. The number of nitrogens with two attached hydrogens (primary N) is 1. The zero-order chi connectivity index (χ0) is 14.8. The molecule has 2 heterocycles. The Labute approximate surface area is 122 Å². The fourth-order valence-electron chi connectivity index (χ4n) is 2.33. The van der Waals surface area contributed by atoms with E-state index in [0.29, 0.717) is 17.8 Å². The van der Waals surface area contributed by atoms with Gasteiger partial charge in [0.1, 0.15) is 0 Å². The minimum absolute atomic E-state index is 0.0579. The van der Waals surface area contributed by atoms with Gasteiger partial charge in [0.25, 0.3) is 5.91 Å². The van der Waals surface area contributed by atoms with Crippen LogP contribution in [0.1, 0.15) is 16.1 Å². The predicted octanol–water partition coefficient (Wildman–Crippen LogP) is 2.42. The summed E-state index contributed by atoms with van der Waals surface area (Å²) in [6.07, 6.45) is 3.45. The van der Waals surface area contributed by atoms with Crippen LogP contribution in [-0.2, 0) is 6.54 Å². The molecule has 1 aromatic carbocycles. The van der Waals surface area contributed by atoms with Gasteiger partial charge in [0.15, 0.2) is 0 Å². The van der Waals surface area contributed by atoms with Gasteiger partial charge in [-0.3, -0.25) is 9.78 Å². The van der Waals surface area contributed by atoms with E-state index in [4.69, 9.17) is 5.73 Å². The van der Waals surface area contributed by atoms with Crippen molar-refractivity contribution in [2.75, 3.05) is 12.8 Å². The molecule has 3 N–H and O–H groups in total. The molecule has 0 bridgehead atoms. The fraction of sp³-hybridized carbons (Fsp3) is 0.125. The number of nitrogens with zero attached hydrogens (tertiary/aromatic N) is 2. The maximum absolute atomic E-state index is 12.6. The molecule has 106 valence electrons. The lowest BCUT2D eigenvalue weighted by Gasteiger charge is -2.16. The quantitative estimate of drug-likeness (QED) is 0.723. The number of H-pyrrole nitrogens is 1. The predicted molar refractivity (Wildman–Crippen MR) is 82.7 cm³/mol. The zero-order valence-corrected chi connectivity index (χ0v) is 11.7. The summed E-state index contributed by atoms with van der Waals surface area (Å²) >= 11 is 0. The molecule has 0 atom stereocenters. The first kappa shape index (κ1) is 13.2. The topological polar surface area (TPSA) is 75.0 Å². The Hall–Kier alpha value is -2.82. The van der Waals surface area contributed by atoms with Crippen LogP contribution >= 0.6 is 0 Å². The Morgan fingerprint density at radius 1 is 1.33 bits per heavy atom. The van der Waals surface area contributed by atoms with E-state index >= 15 is 0 Å². The van der Waals surface area contributed by atoms with Crippen LogP contribution in [0.5, 0.6) is 0 Å². The van der Waals surface area contributed by atoms with Crippen LogP contribution in [0.4, 0.5) is 5.69 Å². The third kappa shape index (κ3) is 2.58. The number of carbonyl (C=O) groups excluding carboxylic acids is 1. The van der Waals surface area contributed by atoms with Crippen molar-refractivity contribution in [1.82, 2.24) is 14.9 Å². The van der Waals surface area contributed by atoms with Gasteiger partial charge in [0.2, 0.25) is 0 Å². The molecular weight excluding hydrogens is 264 g/mol. The third-order valence-electron chi connectivity index (χ3n) is 3.41. The van der Waals surface area contributed by atoms with Crippen molar-refractivity contribution < 1.29 is 4.79 Å². The summed E-state index contributed by atoms with van der Waals surface area (Å²) in [4.78, 5) is 21.6. The lowest BCUT2D eigenvalue weighted by molar-refractivity contribution is 0.0785. The van der Waals surface area contributed by atoms with E-state index < -0.39 is 0 Å². The lowest BCUT2D eigenvalue weighted by atomic mass is 10.1. The van der Waals surface area contributed by atoms with Gasteiger partial charge in [0.05, 0.1) is 17.8 Å².